The fourth-order valence-electron chi connectivity index (χ4n) is 2.41. The number of amides is 1. The molecule has 1 heterocycles. The van der Waals surface area contributed by atoms with Gasteiger partial charge in [-0.15, -0.1) is 11.3 Å². The summed E-state index contributed by atoms with van der Waals surface area (Å²) in [7, 11) is 1.33. The Morgan fingerprint density at radius 1 is 1.11 bits per heavy atom. The molecule has 28 heavy (non-hydrogen) atoms. The highest BCUT2D eigenvalue weighted by molar-refractivity contribution is 7.16. The van der Waals surface area contributed by atoms with Gasteiger partial charge in [-0.05, 0) is 12.1 Å². The molecule has 1 amide bonds. The molecule has 3 aromatic rings. The van der Waals surface area contributed by atoms with Crippen molar-refractivity contribution in [1.29, 1.82) is 0 Å². The Balaban J connectivity index is 1.73. The molecule has 0 saturated carbocycles. The third-order valence-electron chi connectivity index (χ3n) is 3.72. The van der Waals surface area contributed by atoms with Gasteiger partial charge in [-0.3, -0.25) is 14.9 Å². The minimum Gasteiger partial charge on any atom is -0.482 e. The highest BCUT2D eigenvalue weighted by Gasteiger charge is 2.18. The normalized spacial score (nSPS) is 10.4. The Bertz CT molecular complexity index is 975. The van der Waals surface area contributed by atoms with Gasteiger partial charge >= 0.3 is 5.97 Å². The fourth-order valence-corrected chi connectivity index (χ4v) is 3.59. The van der Waals surface area contributed by atoms with Gasteiger partial charge in [-0.2, -0.15) is 0 Å². The predicted molar refractivity (Wildman–Crippen MR) is 109 cm³/mol. The second-order valence-electron chi connectivity index (χ2n) is 5.68. The van der Waals surface area contributed by atoms with E-state index in [9.17, 15) is 9.59 Å². The summed E-state index contributed by atoms with van der Waals surface area (Å²) in [6.07, 6.45) is 0.0738. The Labute approximate surface area is 171 Å². The van der Waals surface area contributed by atoms with E-state index in [1.165, 1.54) is 18.4 Å². The van der Waals surface area contributed by atoms with Gasteiger partial charge in [-0.25, -0.2) is 4.98 Å². The molecule has 1 aromatic heterocycles. The number of carbonyl (C=O) groups is 2. The SMILES string of the molecule is COC(=O)Cc1sc(NC(=O)COc2ccccc2Cl)nc1-c1ccccc1. The molecule has 6 nitrogen and oxygen atoms in total. The van der Waals surface area contributed by atoms with E-state index < -0.39 is 0 Å². The monoisotopic (exact) mass is 416 g/mol. The number of nitrogens with one attached hydrogen (secondary N) is 1. The molecule has 0 saturated heterocycles. The molecule has 3 rings (SSSR count). The number of ether oxygens (including phenoxy) is 2. The number of esters is 1. The van der Waals surface area contributed by atoms with E-state index >= 15 is 0 Å². The second-order valence-corrected chi connectivity index (χ2v) is 7.17. The summed E-state index contributed by atoms with van der Waals surface area (Å²) in [6.45, 7) is -0.212. The molecule has 0 aliphatic rings. The zero-order valence-electron chi connectivity index (χ0n) is 15.0. The molecule has 0 fully saturated rings. The minimum absolute atomic E-state index is 0.0738. The first-order valence-corrected chi connectivity index (χ1v) is 9.55. The van der Waals surface area contributed by atoms with E-state index in [-0.39, 0.29) is 24.9 Å². The maximum atomic E-state index is 12.2. The molecule has 0 bridgehead atoms. The summed E-state index contributed by atoms with van der Waals surface area (Å²) in [5, 5.41) is 3.51. The third kappa shape index (κ3) is 5.09. The number of anilines is 1. The maximum absolute atomic E-state index is 12.2. The molecule has 0 unspecified atom stereocenters. The van der Waals surface area contributed by atoms with Crippen molar-refractivity contribution in [3.05, 3.63) is 64.5 Å². The number of aromatic nitrogens is 1. The van der Waals surface area contributed by atoms with Crippen molar-refractivity contribution in [2.24, 2.45) is 0 Å². The predicted octanol–water partition coefficient (Wildman–Crippen LogP) is 4.20. The molecular formula is C20H17ClN2O4S. The van der Waals surface area contributed by atoms with Crippen LogP contribution in [0.1, 0.15) is 4.88 Å². The molecule has 2 aromatic carbocycles. The van der Waals surface area contributed by atoms with Crippen molar-refractivity contribution in [2.75, 3.05) is 19.0 Å². The van der Waals surface area contributed by atoms with Crippen LogP contribution in [0.5, 0.6) is 5.75 Å². The second kappa shape index (κ2) is 9.34. The number of nitrogens with zero attached hydrogens (tertiary/aromatic N) is 1. The van der Waals surface area contributed by atoms with Crippen LogP contribution in [0.2, 0.25) is 5.02 Å². The molecule has 0 atom stereocenters. The van der Waals surface area contributed by atoms with Gasteiger partial charge in [0.05, 0.1) is 24.2 Å². The van der Waals surface area contributed by atoms with E-state index in [1.54, 1.807) is 24.3 Å². The molecule has 0 radical (unpaired) electrons. The quantitative estimate of drug-likeness (QED) is 0.584. The van der Waals surface area contributed by atoms with Gasteiger partial charge in [0.15, 0.2) is 11.7 Å². The van der Waals surface area contributed by atoms with Crippen LogP contribution in [-0.2, 0) is 20.7 Å². The van der Waals surface area contributed by atoms with Crippen LogP contribution in [0.3, 0.4) is 0 Å². The minimum atomic E-state index is -0.377. The van der Waals surface area contributed by atoms with Crippen molar-refractivity contribution >= 4 is 39.9 Å². The Kier molecular flexibility index (Phi) is 6.62. The number of hydrogen-bond acceptors (Lipinski definition) is 6. The summed E-state index contributed by atoms with van der Waals surface area (Å²) in [5.41, 5.74) is 1.49. The zero-order valence-corrected chi connectivity index (χ0v) is 16.5. The number of rotatable bonds is 7. The van der Waals surface area contributed by atoms with Crippen molar-refractivity contribution in [3.8, 4) is 17.0 Å². The van der Waals surface area contributed by atoms with Crippen molar-refractivity contribution in [3.63, 3.8) is 0 Å². The molecular weight excluding hydrogens is 400 g/mol. The molecule has 1 N–H and O–H groups in total. The topological polar surface area (TPSA) is 77.5 Å². The number of methoxy groups -OCH3 is 1. The van der Waals surface area contributed by atoms with Crippen LogP contribution in [0.15, 0.2) is 54.6 Å². The molecule has 0 spiro atoms. The first kappa shape index (κ1) is 19.9. The number of para-hydroxylation sites is 1. The summed E-state index contributed by atoms with van der Waals surface area (Å²) >= 11 is 7.24. The van der Waals surface area contributed by atoms with Gasteiger partial charge < -0.3 is 9.47 Å². The van der Waals surface area contributed by atoms with Crippen LogP contribution in [0, 0.1) is 0 Å². The van der Waals surface area contributed by atoms with E-state index in [1.807, 2.05) is 30.3 Å². The highest BCUT2D eigenvalue weighted by atomic mass is 35.5. The lowest BCUT2D eigenvalue weighted by molar-refractivity contribution is -0.139. The number of halogens is 1. The standard InChI is InChI=1S/C20H17ClN2O4S/c1-26-18(25)11-16-19(13-7-3-2-4-8-13)23-20(28-16)22-17(24)12-27-15-10-6-5-9-14(15)21/h2-10H,11-12H2,1H3,(H,22,23,24). The lowest BCUT2D eigenvalue weighted by Crippen LogP contribution is -2.20. The first-order valence-electron chi connectivity index (χ1n) is 8.36. The number of carbonyl (C=O) groups excluding carboxylic acids is 2. The molecule has 144 valence electrons. The summed E-state index contributed by atoms with van der Waals surface area (Å²) < 4.78 is 10.2. The van der Waals surface area contributed by atoms with E-state index in [0.717, 1.165) is 5.56 Å². The third-order valence-corrected chi connectivity index (χ3v) is 5.00. The van der Waals surface area contributed by atoms with Crippen LogP contribution >= 0.6 is 22.9 Å². The van der Waals surface area contributed by atoms with Crippen molar-refractivity contribution < 1.29 is 19.1 Å². The smallest absolute Gasteiger partial charge is 0.310 e. The van der Waals surface area contributed by atoms with E-state index in [0.29, 0.717) is 26.5 Å². The Morgan fingerprint density at radius 2 is 1.82 bits per heavy atom. The molecule has 8 heteroatoms. The van der Waals surface area contributed by atoms with Gasteiger partial charge in [0, 0.05) is 10.4 Å². The van der Waals surface area contributed by atoms with Crippen LogP contribution in [0.4, 0.5) is 5.13 Å². The van der Waals surface area contributed by atoms with E-state index in [2.05, 4.69) is 10.3 Å². The van der Waals surface area contributed by atoms with Gasteiger partial charge in [0.1, 0.15) is 5.75 Å². The van der Waals surface area contributed by atoms with Gasteiger partial charge in [-0.1, -0.05) is 54.1 Å². The Hall–Kier alpha value is -2.90. The lowest BCUT2D eigenvalue weighted by Gasteiger charge is -2.07. The molecule has 0 aliphatic heterocycles. The number of benzene rings is 2. The van der Waals surface area contributed by atoms with Gasteiger partial charge in [0.2, 0.25) is 0 Å². The maximum Gasteiger partial charge on any atom is 0.310 e. The largest absolute Gasteiger partial charge is 0.482 e. The van der Waals surface area contributed by atoms with Crippen LogP contribution in [-0.4, -0.2) is 30.6 Å². The van der Waals surface area contributed by atoms with Crippen LogP contribution in [0.25, 0.3) is 11.3 Å². The first-order chi connectivity index (χ1) is 13.6. The van der Waals surface area contributed by atoms with Gasteiger partial charge in [0.25, 0.3) is 5.91 Å². The van der Waals surface area contributed by atoms with Crippen LogP contribution < -0.4 is 10.1 Å². The number of thiazole rings is 1. The highest BCUT2D eigenvalue weighted by Crippen LogP contribution is 2.32. The summed E-state index contributed by atoms with van der Waals surface area (Å²) in [5.74, 6) is -0.325. The van der Waals surface area contributed by atoms with Crippen molar-refractivity contribution in [2.45, 2.75) is 6.42 Å². The lowest BCUT2D eigenvalue weighted by atomic mass is 10.1. The Morgan fingerprint density at radius 3 is 2.54 bits per heavy atom. The average molecular weight is 417 g/mol. The fraction of sp³-hybridized carbons (Fsp3) is 0.150. The number of hydrogen-bond donors (Lipinski definition) is 1. The van der Waals surface area contributed by atoms with E-state index in [4.69, 9.17) is 21.1 Å². The summed E-state index contributed by atoms with van der Waals surface area (Å²) in [6, 6.07) is 16.3. The van der Waals surface area contributed by atoms with Crippen molar-refractivity contribution in [1.82, 2.24) is 4.98 Å². The summed E-state index contributed by atoms with van der Waals surface area (Å²) in [4.78, 5) is 29.1. The zero-order chi connectivity index (χ0) is 19.9. The average Bonchev–Trinajstić information content (AvgIpc) is 3.09. The molecule has 0 aliphatic carbocycles.